The van der Waals surface area contributed by atoms with Crippen molar-refractivity contribution in [2.75, 3.05) is 0 Å². The Morgan fingerprint density at radius 2 is 1.56 bits per heavy atom. The van der Waals surface area contributed by atoms with Crippen LogP contribution in [-0.2, 0) is 6.54 Å². The zero-order chi connectivity index (χ0) is 18.5. The fourth-order valence-electron chi connectivity index (χ4n) is 3.18. The van der Waals surface area contributed by atoms with Crippen molar-refractivity contribution in [3.8, 4) is 0 Å². The standard InChI is InChI=1S/C23H23N3O/c27-23(25-16-17-11-14-21(24-15-17)18-12-13-18)26-22(19-7-3-1-4-8-19)20-9-5-2-6-10-20/h1-11,14-15,18,22H,12-13,16H2,(H2,25,26,27). The van der Waals surface area contributed by atoms with Crippen molar-refractivity contribution in [3.63, 3.8) is 0 Å². The minimum Gasteiger partial charge on any atom is -0.334 e. The van der Waals surface area contributed by atoms with E-state index in [-0.39, 0.29) is 12.1 Å². The Bertz CT molecular complexity index is 835. The Balaban J connectivity index is 1.40. The summed E-state index contributed by atoms with van der Waals surface area (Å²) in [6.07, 6.45) is 4.35. The third-order valence-corrected chi connectivity index (χ3v) is 4.84. The number of nitrogens with zero attached hydrogens (tertiary/aromatic N) is 1. The first-order valence-electron chi connectivity index (χ1n) is 9.38. The second kappa shape index (κ2) is 8.04. The number of carbonyl (C=O) groups is 1. The van der Waals surface area contributed by atoms with Crippen molar-refractivity contribution < 1.29 is 4.79 Å². The molecule has 1 fully saturated rings. The third kappa shape index (κ3) is 4.53. The number of benzene rings is 2. The second-order valence-corrected chi connectivity index (χ2v) is 6.95. The van der Waals surface area contributed by atoms with Crippen LogP contribution in [-0.4, -0.2) is 11.0 Å². The smallest absolute Gasteiger partial charge is 0.315 e. The van der Waals surface area contributed by atoms with E-state index < -0.39 is 0 Å². The average molecular weight is 357 g/mol. The molecule has 2 aromatic carbocycles. The van der Waals surface area contributed by atoms with Gasteiger partial charge in [0.15, 0.2) is 0 Å². The van der Waals surface area contributed by atoms with Crippen LogP contribution in [0.4, 0.5) is 4.79 Å². The highest BCUT2D eigenvalue weighted by atomic mass is 16.2. The van der Waals surface area contributed by atoms with Crippen LogP contribution in [0.2, 0.25) is 0 Å². The summed E-state index contributed by atoms with van der Waals surface area (Å²) < 4.78 is 0. The molecule has 0 bridgehead atoms. The van der Waals surface area contributed by atoms with Gasteiger partial charge in [0, 0.05) is 24.4 Å². The van der Waals surface area contributed by atoms with Crippen LogP contribution < -0.4 is 10.6 Å². The van der Waals surface area contributed by atoms with Crippen molar-refractivity contribution >= 4 is 6.03 Å². The summed E-state index contributed by atoms with van der Waals surface area (Å²) in [5.41, 5.74) is 4.27. The molecule has 1 saturated carbocycles. The number of hydrogen-bond acceptors (Lipinski definition) is 2. The summed E-state index contributed by atoms with van der Waals surface area (Å²) in [5.74, 6) is 0.646. The van der Waals surface area contributed by atoms with E-state index in [0.717, 1.165) is 22.4 Å². The molecule has 4 rings (SSSR count). The van der Waals surface area contributed by atoms with Gasteiger partial charge in [-0.15, -0.1) is 0 Å². The van der Waals surface area contributed by atoms with E-state index in [9.17, 15) is 4.79 Å². The lowest BCUT2D eigenvalue weighted by Gasteiger charge is -2.20. The van der Waals surface area contributed by atoms with Gasteiger partial charge in [-0.25, -0.2) is 4.79 Å². The van der Waals surface area contributed by atoms with Crippen LogP contribution in [0, 0.1) is 0 Å². The van der Waals surface area contributed by atoms with Gasteiger partial charge < -0.3 is 10.6 Å². The number of amides is 2. The largest absolute Gasteiger partial charge is 0.334 e. The molecule has 0 saturated heterocycles. The molecule has 1 aliphatic rings. The Hall–Kier alpha value is -3.14. The fraction of sp³-hybridized carbons (Fsp3) is 0.217. The van der Waals surface area contributed by atoms with Crippen molar-refractivity contribution in [3.05, 3.63) is 101 Å². The quantitative estimate of drug-likeness (QED) is 0.680. The molecule has 1 aromatic heterocycles. The first-order chi connectivity index (χ1) is 13.3. The Labute approximate surface area is 159 Å². The Morgan fingerprint density at radius 1 is 0.926 bits per heavy atom. The number of urea groups is 1. The van der Waals surface area contributed by atoms with Crippen molar-refractivity contribution in [1.82, 2.24) is 15.6 Å². The van der Waals surface area contributed by atoms with Crippen LogP contribution in [0.1, 0.15) is 47.2 Å². The van der Waals surface area contributed by atoms with Gasteiger partial charge >= 0.3 is 6.03 Å². The predicted molar refractivity (Wildman–Crippen MR) is 106 cm³/mol. The van der Waals surface area contributed by atoms with Gasteiger partial charge in [0.25, 0.3) is 0 Å². The van der Waals surface area contributed by atoms with Crippen molar-refractivity contribution in [2.45, 2.75) is 31.3 Å². The highest BCUT2D eigenvalue weighted by Gasteiger charge is 2.24. The molecule has 27 heavy (non-hydrogen) atoms. The van der Waals surface area contributed by atoms with Gasteiger partial charge in [-0.1, -0.05) is 66.7 Å². The number of rotatable bonds is 6. The zero-order valence-electron chi connectivity index (χ0n) is 15.1. The van der Waals surface area contributed by atoms with Crippen LogP contribution in [0.3, 0.4) is 0 Å². The molecular formula is C23H23N3O. The minimum atomic E-state index is -0.195. The molecule has 0 unspecified atom stereocenters. The monoisotopic (exact) mass is 357 g/mol. The first kappa shape index (κ1) is 17.3. The second-order valence-electron chi connectivity index (χ2n) is 6.95. The number of carbonyl (C=O) groups excluding carboxylic acids is 1. The highest BCUT2D eigenvalue weighted by Crippen LogP contribution is 2.38. The molecule has 0 radical (unpaired) electrons. The van der Waals surface area contributed by atoms with E-state index in [1.807, 2.05) is 72.9 Å². The maximum Gasteiger partial charge on any atom is 0.315 e. The maximum absolute atomic E-state index is 12.5. The fourth-order valence-corrected chi connectivity index (χ4v) is 3.18. The topological polar surface area (TPSA) is 54.0 Å². The van der Waals surface area contributed by atoms with Crippen molar-refractivity contribution in [1.29, 1.82) is 0 Å². The van der Waals surface area contributed by atoms with Gasteiger partial charge in [-0.2, -0.15) is 0 Å². The van der Waals surface area contributed by atoms with Crippen LogP contribution in [0.25, 0.3) is 0 Å². The van der Waals surface area contributed by atoms with Gasteiger partial charge in [-0.05, 0) is 35.6 Å². The molecule has 136 valence electrons. The number of pyridine rings is 1. The van der Waals surface area contributed by atoms with Gasteiger partial charge in [0.1, 0.15) is 0 Å². The number of hydrogen-bond donors (Lipinski definition) is 2. The summed E-state index contributed by atoms with van der Waals surface area (Å²) in [5, 5.41) is 6.03. The van der Waals surface area contributed by atoms with Crippen molar-refractivity contribution in [2.24, 2.45) is 0 Å². The summed E-state index contributed by atoms with van der Waals surface area (Å²) in [7, 11) is 0. The average Bonchev–Trinajstić information content (AvgIpc) is 3.58. The van der Waals surface area contributed by atoms with E-state index in [0.29, 0.717) is 12.5 Å². The summed E-state index contributed by atoms with van der Waals surface area (Å²) in [4.78, 5) is 17.0. The first-order valence-corrected chi connectivity index (χ1v) is 9.38. The molecule has 0 atom stereocenters. The predicted octanol–water partition coefficient (Wildman–Crippen LogP) is 4.55. The van der Waals surface area contributed by atoms with E-state index in [2.05, 4.69) is 21.7 Å². The summed E-state index contributed by atoms with van der Waals surface area (Å²) in [6.45, 7) is 0.458. The molecule has 1 heterocycles. The molecule has 0 aliphatic heterocycles. The van der Waals surface area contributed by atoms with Crippen LogP contribution >= 0.6 is 0 Å². The normalized spacial score (nSPS) is 13.4. The van der Waals surface area contributed by atoms with E-state index in [4.69, 9.17) is 0 Å². The molecule has 3 aromatic rings. The maximum atomic E-state index is 12.5. The molecular weight excluding hydrogens is 334 g/mol. The minimum absolute atomic E-state index is 0.192. The molecule has 4 heteroatoms. The van der Waals surface area contributed by atoms with E-state index >= 15 is 0 Å². The zero-order valence-corrected chi connectivity index (χ0v) is 15.1. The molecule has 0 spiro atoms. The SMILES string of the molecule is O=C(NCc1ccc(C2CC2)nc1)NC(c1ccccc1)c1ccccc1. The molecule has 2 amide bonds. The van der Waals surface area contributed by atoms with E-state index in [1.165, 1.54) is 12.8 Å². The lowest BCUT2D eigenvalue weighted by Crippen LogP contribution is -2.38. The summed E-state index contributed by atoms with van der Waals surface area (Å²) in [6, 6.07) is 23.7. The van der Waals surface area contributed by atoms with Gasteiger partial charge in [0.2, 0.25) is 0 Å². The van der Waals surface area contributed by atoms with Gasteiger partial charge in [0.05, 0.1) is 6.04 Å². The molecule has 4 nitrogen and oxygen atoms in total. The summed E-state index contributed by atoms with van der Waals surface area (Å²) >= 11 is 0. The Morgan fingerprint density at radius 3 is 2.07 bits per heavy atom. The highest BCUT2D eigenvalue weighted by molar-refractivity contribution is 5.75. The van der Waals surface area contributed by atoms with Crippen LogP contribution in [0.5, 0.6) is 0 Å². The van der Waals surface area contributed by atoms with Crippen LogP contribution in [0.15, 0.2) is 79.0 Å². The molecule has 2 N–H and O–H groups in total. The number of aromatic nitrogens is 1. The number of nitrogens with one attached hydrogen (secondary N) is 2. The third-order valence-electron chi connectivity index (χ3n) is 4.84. The lowest BCUT2D eigenvalue weighted by molar-refractivity contribution is 0.238. The molecule has 1 aliphatic carbocycles. The lowest BCUT2D eigenvalue weighted by atomic mass is 9.99. The Kier molecular flexibility index (Phi) is 5.15. The van der Waals surface area contributed by atoms with Gasteiger partial charge in [-0.3, -0.25) is 4.98 Å². The van der Waals surface area contributed by atoms with E-state index in [1.54, 1.807) is 0 Å².